The minimum absolute atomic E-state index is 0.166. The van der Waals surface area contributed by atoms with Gasteiger partial charge < -0.3 is 19.7 Å². The first-order valence-electron chi connectivity index (χ1n) is 9.61. The van der Waals surface area contributed by atoms with Crippen molar-refractivity contribution in [3.63, 3.8) is 0 Å². The van der Waals surface area contributed by atoms with E-state index in [4.69, 9.17) is 9.47 Å². The van der Waals surface area contributed by atoms with Crippen LogP contribution in [0.5, 0.6) is 5.75 Å². The van der Waals surface area contributed by atoms with Gasteiger partial charge in [0.25, 0.3) is 12.4 Å². The molecule has 31 heavy (non-hydrogen) atoms. The number of ether oxygens (including phenoxy) is 2. The van der Waals surface area contributed by atoms with E-state index in [0.29, 0.717) is 18.0 Å². The monoisotopic (exact) mass is 459 g/mol. The molecule has 0 aliphatic carbocycles. The van der Waals surface area contributed by atoms with Crippen molar-refractivity contribution in [3.05, 3.63) is 52.5 Å². The van der Waals surface area contributed by atoms with E-state index in [1.165, 1.54) is 23.1 Å². The Balaban J connectivity index is 1.36. The van der Waals surface area contributed by atoms with E-state index in [9.17, 15) is 14.4 Å². The van der Waals surface area contributed by atoms with Crippen LogP contribution in [0.3, 0.4) is 0 Å². The number of hydrogen-bond donors (Lipinski definition) is 1. The fraction of sp³-hybridized carbons (Fsp3) is 0.333. The van der Waals surface area contributed by atoms with Gasteiger partial charge in [-0.15, -0.1) is 23.1 Å². The van der Waals surface area contributed by atoms with Gasteiger partial charge in [-0.25, -0.2) is 4.98 Å². The zero-order valence-electron chi connectivity index (χ0n) is 16.7. The Morgan fingerprint density at radius 1 is 1.39 bits per heavy atom. The number of nitrogens with one attached hydrogen (secondary N) is 1. The van der Waals surface area contributed by atoms with Crippen LogP contribution < -0.4 is 10.1 Å². The van der Waals surface area contributed by atoms with Crippen molar-refractivity contribution in [2.24, 2.45) is 0 Å². The number of thioether (sulfide) groups is 1. The SMILES string of the molecule is Cc1ncsc1/C=C/C1(OC=O)CS[C@@H]2C(NC(=O)COc3ccccc3)C(=O)N2C1. The van der Waals surface area contributed by atoms with Crippen LogP contribution in [0.1, 0.15) is 10.6 Å². The molecule has 2 aliphatic rings. The van der Waals surface area contributed by atoms with Gasteiger partial charge in [0.2, 0.25) is 5.91 Å². The summed E-state index contributed by atoms with van der Waals surface area (Å²) < 4.78 is 10.8. The highest BCUT2D eigenvalue weighted by molar-refractivity contribution is 8.00. The van der Waals surface area contributed by atoms with Crippen molar-refractivity contribution in [3.8, 4) is 5.75 Å². The lowest BCUT2D eigenvalue weighted by atomic mass is 9.98. The van der Waals surface area contributed by atoms with Gasteiger partial charge in [-0.3, -0.25) is 14.4 Å². The number of fused-ring (bicyclic) bond motifs is 1. The molecule has 3 atom stereocenters. The Kier molecular flexibility index (Phi) is 6.28. The Morgan fingerprint density at radius 2 is 2.19 bits per heavy atom. The van der Waals surface area contributed by atoms with Crippen molar-refractivity contribution in [2.45, 2.75) is 23.9 Å². The summed E-state index contributed by atoms with van der Waals surface area (Å²) in [5, 5.41) is 2.55. The maximum Gasteiger partial charge on any atom is 0.294 e. The Hall–Kier alpha value is -2.85. The first kappa shape index (κ1) is 21.4. The number of benzene rings is 1. The van der Waals surface area contributed by atoms with Crippen molar-refractivity contribution < 1.29 is 23.9 Å². The van der Waals surface area contributed by atoms with Gasteiger partial charge in [0.05, 0.1) is 17.7 Å². The van der Waals surface area contributed by atoms with E-state index >= 15 is 0 Å². The van der Waals surface area contributed by atoms with E-state index in [1.807, 2.05) is 37.3 Å². The number of aryl methyl sites for hydroxylation is 1. The minimum Gasteiger partial charge on any atom is -0.484 e. The van der Waals surface area contributed by atoms with E-state index in [-0.39, 0.29) is 30.3 Å². The van der Waals surface area contributed by atoms with Crippen LogP contribution in [0.2, 0.25) is 0 Å². The molecule has 1 N–H and O–H groups in total. The van der Waals surface area contributed by atoms with Gasteiger partial charge in [-0.05, 0) is 31.2 Å². The van der Waals surface area contributed by atoms with Crippen LogP contribution in [0.25, 0.3) is 6.08 Å². The van der Waals surface area contributed by atoms with Crippen LogP contribution in [-0.4, -0.2) is 64.1 Å². The predicted molar refractivity (Wildman–Crippen MR) is 118 cm³/mol. The quantitative estimate of drug-likeness (QED) is 0.475. The van der Waals surface area contributed by atoms with Crippen LogP contribution >= 0.6 is 23.1 Å². The Morgan fingerprint density at radius 3 is 2.90 bits per heavy atom. The highest BCUT2D eigenvalue weighted by Crippen LogP contribution is 2.40. The summed E-state index contributed by atoms with van der Waals surface area (Å²) in [6, 6.07) is 8.40. The summed E-state index contributed by atoms with van der Waals surface area (Å²) in [5.74, 6) is 0.502. The molecule has 2 amide bonds. The van der Waals surface area contributed by atoms with E-state index in [1.54, 1.807) is 22.5 Å². The average Bonchev–Trinajstić information content (AvgIpc) is 3.20. The number of carbonyl (C=O) groups is 3. The molecule has 2 fully saturated rings. The minimum atomic E-state index is -0.916. The normalized spacial score (nSPS) is 24.9. The number of amides is 2. The predicted octanol–water partition coefficient (Wildman–Crippen LogP) is 1.86. The number of rotatable bonds is 8. The number of thiazole rings is 1. The lowest BCUT2D eigenvalue weighted by molar-refractivity contribution is -0.157. The second-order valence-corrected chi connectivity index (χ2v) is 9.22. The number of carbonyl (C=O) groups excluding carboxylic acids is 3. The van der Waals surface area contributed by atoms with Crippen LogP contribution in [0.4, 0.5) is 0 Å². The lowest BCUT2D eigenvalue weighted by Gasteiger charge is -2.53. The smallest absolute Gasteiger partial charge is 0.294 e. The third-order valence-electron chi connectivity index (χ3n) is 5.11. The third-order valence-corrected chi connectivity index (χ3v) is 7.53. The molecule has 2 aromatic rings. The number of hydrogen-bond acceptors (Lipinski definition) is 8. The molecular formula is C21H21N3O5S2. The topological polar surface area (TPSA) is 97.8 Å². The first-order chi connectivity index (χ1) is 15.0. The second kappa shape index (κ2) is 9.11. The summed E-state index contributed by atoms with van der Waals surface area (Å²) >= 11 is 2.96. The largest absolute Gasteiger partial charge is 0.484 e. The number of aromatic nitrogens is 1. The molecule has 1 aromatic heterocycles. The standard InChI is InChI=1S/C21H21N3O5S2/c1-14-16(31-12-22-14)7-8-21(29-13-25)10-24-19(27)18(20(24)30-11-21)23-17(26)9-28-15-5-3-2-4-6-15/h2-8,12-13,18,20H,9-11H2,1H3,(H,23,26)/b8-7+/t18?,20-,21?/m1/s1. The van der Waals surface area contributed by atoms with Crippen LogP contribution in [-0.2, 0) is 19.1 Å². The molecular weight excluding hydrogens is 438 g/mol. The van der Waals surface area contributed by atoms with Crippen molar-refractivity contribution in [1.82, 2.24) is 15.2 Å². The molecule has 2 unspecified atom stereocenters. The molecule has 8 nitrogen and oxygen atoms in total. The molecule has 2 saturated heterocycles. The van der Waals surface area contributed by atoms with Gasteiger partial charge in [0, 0.05) is 10.6 Å². The van der Waals surface area contributed by atoms with Crippen molar-refractivity contribution in [1.29, 1.82) is 0 Å². The molecule has 1 aromatic carbocycles. The fourth-order valence-electron chi connectivity index (χ4n) is 3.46. The molecule has 162 valence electrons. The Bertz CT molecular complexity index is 996. The fourth-order valence-corrected chi connectivity index (χ4v) is 5.60. The van der Waals surface area contributed by atoms with E-state index in [0.717, 1.165) is 10.6 Å². The molecule has 0 spiro atoms. The highest BCUT2D eigenvalue weighted by Gasteiger charge is 2.55. The number of para-hydroxylation sites is 1. The molecule has 0 radical (unpaired) electrons. The maximum absolute atomic E-state index is 12.7. The molecule has 3 heterocycles. The molecule has 0 saturated carbocycles. The van der Waals surface area contributed by atoms with Gasteiger partial charge in [0.15, 0.2) is 12.2 Å². The molecule has 4 rings (SSSR count). The van der Waals surface area contributed by atoms with Gasteiger partial charge in [0.1, 0.15) is 17.2 Å². The Labute approximate surface area is 187 Å². The first-order valence-corrected chi connectivity index (χ1v) is 11.5. The van der Waals surface area contributed by atoms with Crippen LogP contribution in [0, 0.1) is 6.92 Å². The number of nitrogens with zero attached hydrogens (tertiary/aromatic N) is 2. The van der Waals surface area contributed by atoms with Gasteiger partial charge >= 0.3 is 0 Å². The van der Waals surface area contributed by atoms with Crippen LogP contribution in [0.15, 0.2) is 41.9 Å². The molecule has 0 bridgehead atoms. The average molecular weight is 460 g/mol. The lowest BCUT2D eigenvalue weighted by Crippen LogP contribution is -2.74. The highest BCUT2D eigenvalue weighted by atomic mass is 32.2. The summed E-state index contributed by atoms with van der Waals surface area (Å²) in [6.45, 7) is 2.39. The number of β-lactam (4-membered cyclic amide) rings is 1. The van der Waals surface area contributed by atoms with Crippen molar-refractivity contribution in [2.75, 3.05) is 18.9 Å². The van der Waals surface area contributed by atoms with E-state index < -0.39 is 11.6 Å². The zero-order chi connectivity index (χ0) is 21.8. The summed E-state index contributed by atoms with van der Waals surface area (Å²) in [5.41, 5.74) is 1.73. The van der Waals surface area contributed by atoms with E-state index in [2.05, 4.69) is 10.3 Å². The van der Waals surface area contributed by atoms with Crippen molar-refractivity contribution >= 4 is 47.5 Å². The zero-order valence-corrected chi connectivity index (χ0v) is 18.4. The summed E-state index contributed by atoms with van der Waals surface area (Å²) in [6.07, 6.45) is 3.69. The van der Waals surface area contributed by atoms with Gasteiger partial charge in [-0.2, -0.15) is 0 Å². The van der Waals surface area contributed by atoms with Gasteiger partial charge in [-0.1, -0.05) is 18.2 Å². The molecule has 2 aliphatic heterocycles. The maximum atomic E-state index is 12.7. The summed E-state index contributed by atoms with van der Waals surface area (Å²) in [4.78, 5) is 42.9. The third kappa shape index (κ3) is 4.59. The summed E-state index contributed by atoms with van der Waals surface area (Å²) in [7, 11) is 0. The molecule has 10 heteroatoms. The second-order valence-electron chi connectivity index (χ2n) is 7.23.